The normalized spacial score (nSPS) is 20.8. The van der Waals surface area contributed by atoms with Crippen LogP contribution >= 0.6 is 36.4 Å². The van der Waals surface area contributed by atoms with E-state index in [1.807, 2.05) is 0 Å². The minimum Gasteiger partial charge on any atom is -0.314 e. The number of piperazine rings is 1. The van der Waals surface area contributed by atoms with Gasteiger partial charge in [-0.25, -0.2) is 0 Å². The van der Waals surface area contributed by atoms with E-state index < -0.39 is 11.7 Å². The molecule has 0 spiro atoms. The van der Waals surface area contributed by atoms with Crippen LogP contribution in [0.15, 0.2) is 18.2 Å². The smallest absolute Gasteiger partial charge is 0.314 e. The maximum atomic E-state index is 13.0. The Morgan fingerprint density at radius 2 is 1.65 bits per heavy atom. The lowest BCUT2D eigenvalue weighted by atomic mass is 9.80. The molecule has 1 aliphatic carbocycles. The van der Waals surface area contributed by atoms with Crippen molar-refractivity contribution in [3.05, 3.63) is 34.3 Å². The molecule has 1 aliphatic heterocycles. The molecule has 1 saturated heterocycles. The van der Waals surface area contributed by atoms with Crippen molar-refractivity contribution in [2.45, 2.75) is 44.3 Å². The Balaban J connectivity index is 0.00000169. The second kappa shape index (κ2) is 10.4. The summed E-state index contributed by atoms with van der Waals surface area (Å²) in [5.41, 5.74) is 0.192. The summed E-state index contributed by atoms with van der Waals surface area (Å²) in [6.45, 7) is 3.72. The molecule has 0 amide bonds. The van der Waals surface area contributed by atoms with Crippen LogP contribution in [0.2, 0.25) is 5.02 Å². The van der Waals surface area contributed by atoms with E-state index >= 15 is 0 Å². The topological polar surface area (TPSA) is 15.3 Å². The Morgan fingerprint density at radius 3 is 2.19 bits per heavy atom. The second-order valence-corrected chi connectivity index (χ2v) is 7.27. The first-order chi connectivity index (χ1) is 11.5. The molecule has 0 aromatic heterocycles. The Labute approximate surface area is 170 Å². The second-order valence-electron chi connectivity index (χ2n) is 6.87. The molecule has 1 N–H and O–H groups in total. The molecule has 1 saturated carbocycles. The fourth-order valence-corrected chi connectivity index (χ4v) is 4.43. The first-order valence-corrected chi connectivity index (χ1v) is 9.16. The summed E-state index contributed by atoms with van der Waals surface area (Å²) >= 11 is 5.99. The lowest BCUT2D eigenvalue weighted by molar-refractivity contribution is -0.137. The summed E-state index contributed by atoms with van der Waals surface area (Å²) in [6, 6.07) is 4.50. The molecule has 2 nitrogen and oxygen atoms in total. The zero-order valence-corrected chi connectivity index (χ0v) is 16.9. The van der Waals surface area contributed by atoms with E-state index in [-0.39, 0.29) is 35.9 Å². The van der Waals surface area contributed by atoms with Crippen molar-refractivity contribution in [1.29, 1.82) is 0 Å². The van der Waals surface area contributed by atoms with Crippen molar-refractivity contribution in [1.82, 2.24) is 10.2 Å². The quantitative estimate of drug-likeness (QED) is 0.655. The summed E-state index contributed by atoms with van der Waals surface area (Å²) in [7, 11) is 0. The third-order valence-corrected chi connectivity index (χ3v) is 5.59. The SMILES string of the molecule is Cl.Cl.FC(F)(F)c1ccc([C@@H](C2CCCCC2)N2CCNCC2)cc1Cl. The van der Waals surface area contributed by atoms with Gasteiger partial charge in [0.05, 0.1) is 10.6 Å². The van der Waals surface area contributed by atoms with Gasteiger partial charge in [-0.15, -0.1) is 24.8 Å². The molecular weight excluding hydrogens is 408 g/mol. The number of nitrogens with zero attached hydrogens (tertiary/aromatic N) is 1. The van der Waals surface area contributed by atoms with Crippen molar-refractivity contribution in [3.63, 3.8) is 0 Å². The Bertz CT molecular complexity index is 539. The highest BCUT2D eigenvalue weighted by Gasteiger charge is 2.35. The van der Waals surface area contributed by atoms with Gasteiger partial charge in [-0.05, 0) is 36.5 Å². The van der Waals surface area contributed by atoms with Crippen LogP contribution in [0.3, 0.4) is 0 Å². The van der Waals surface area contributed by atoms with E-state index in [0.29, 0.717) is 5.92 Å². The molecule has 1 atom stereocenters. The maximum absolute atomic E-state index is 13.0. The summed E-state index contributed by atoms with van der Waals surface area (Å²) in [5, 5.41) is 3.16. The number of rotatable bonds is 3. The van der Waals surface area contributed by atoms with Gasteiger partial charge in [-0.3, -0.25) is 4.90 Å². The van der Waals surface area contributed by atoms with Crippen molar-refractivity contribution < 1.29 is 13.2 Å². The highest BCUT2D eigenvalue weighted by atomic mass is 35.5. The number of alkyl halides is 3. The van der Waals surface area contributed by atoms with E-state index in [1.165, 1.54) is 19.3 Å². The Kier molecular flexibility index (Phi) is 9.51. The lowest BCUT2D eigenvalue weighted by Crippen LogP contribution is -2.47. The predicted molar refractivity (Wildman–Crippen MR) is 105 cm³/mol. The molecule has 0 unspecified atom stereocenters. The predicted octanol–water partition coefficient (Wildman–Crippen LogP) is 5.73. The molecule has 0 radical (unpaired) electrons. The van der Waals surface area contributed by atoms with Crippen LogP contribution in [0.1, 0.15) is 49.3 Å². The van der Waals surface area contributed by atoms with Gasteiger partial charge >= 0.3 is 6.18 Å². The minimum absolute atomic E-state index is 0. The van der Waals surface area contributed by atoms with Crippen LogP contribution < -0.4 is 5.32 Å². The molecule has 2 fully saturated rings. The van der Waals surface area contributed by atoms with Crippen LogP contribution in [0.4, 0.5) is 13.2 Å². The van der Waals surface area contributed by atoms with E-state index in [0.717, 1.165) is 50.7 Å². The molecule has 2 aliphatic rings. The number of nitrogens with one attached hydrogen (secondary N) is 1. The fraction of sp³-hybridized carbons (Fsp3) is 0.667. The molecule has 8 heteroatoms. The fourth-order valence-electron chi connectivity index (χ4n) is 4.14. The maximum Gasteiger partial charge on any atom is 0.417 e. The van der Waals surface area contributed by atoms with Gasteiger partial charge in [0.1, 0.15) is 0 Å². The number of hydrogen-bond acceptors (Lipinski definition) is 2. The molecule has 26 heavy (non-hydrogen) atoms. The molecule has 150 valence electrons. The molecule has 1 aromatic rings. The zero-order chi connectivity index (χ0) is 17.2. The average Bonchev–Trinajstić information content (AvgIpc) is 2.56. The van der Waals surface area contributed by atoms with E-state index in [1.54, 1.807) is 12.1 Å². The van der Waals surface area contributed by atoms with Gasteiger partial charge < -0.3 is 5.32 Å². The summed E-state index contributed by atoms with van der Waals surface area (Å²) in [4.78, 5) is 2.42. The van der Waals surface area contributed by atoms with Crippen molar-refractivity contribution >= 4 is 36.4 Å². The standard InChI is InChI=1S/C18H24ClF3N2.2ClH/c19-16-12-14(6-7-15(16)18(20,21)22)17(13-4-2-1-3-5-13)24-10-8-23-9-11-24;;/h6-7,12-13,17,23H,1-5,8-11H2;2*1H/t17-;;/m1../s1. The highest BCUT2D eigenvalue weighted by molar-refractivity contribution is 6.31. The van der Waals surface area contributed by atoms with E-state index in [4.69, 9.17) is 11.6 Å². The van der Waals surface area contributed by atoms with Gasteiger partial charge in [-0.1, -0.05) is 36.9 Å². The molecule has 1 aromatic carbocycles. The minimum atomic E-state index is -4.40. The third-order valence-electron chi connectivity index (χ3n) is 5.28. The van der Waals surface area contributed by atoms with Crippen LogP contribution in [-0.2, 0) is 6.18 Å². The van der Waals surface area contributed by atoms with Gasteiger partial charge in [0.2, 0.25) is 0 Å². The van der Waals surface area contributed by atoms with Gasteiger partial charge in [0, 0.05) is 32.2 Å². The molecule has 0 bridgehead atoms. The average molecular weight is 434 g/mol. The highest BCUT2D eigenvalue weighted by Crippen LogP contribution is 2.41. The third kappa shape index (κ3) is 5.65. The van der Waals surface area contributed by atoms with Crippen LogP contribution in [0, 0.1) is 5.92 Å². The van der Waals surface area contributed by atoms with E-state index in [9.17, 15) is 13.2 Å². The van der Waals surface area contributed by atoms with Crippen LogP contribution in [-0.4, -0.2) is 31.1 Å². The molecular formula is C18H26Cl3F3N2. The molecule has 3 rings (SSSR count). The zero-order valence-electron chi connectivity index (χ0n) is 14.5. The molecule has 1 heterocycles. The summed E-state index contributed by atoms with van der Waals surface area (Å²) in [6.07, 6.45) is 1.58. The lowest BCUT2D eigenvalue weighted by Gasteiger charge is -2.41. The van der Waals surface area contributed by atoms with Crippen LogP contribution in [0.5, 0.6) is 0 Å². The Hall–Kier alpha value is -0.200. The first-order valence-electron chi connectivity index (χ1n) is 8.78. The van der Waals surface area contributed by atoms with Crippen molar-refractivity contribution in [2.24, 2.45) is 5.92 Å². The van der Waals surface area contributed by atoms with Crippen LogP contribution in [0.25, 0.3) is 0 Å². The number of halogens is 6. The number of hydrogen-bond donors (Lipinski definition) is 1. The van der Waals surface area contributed by atoms with Gasteiger partial charge in [-0.2, -0.15) is 13.2 Å². The first kappa shape index (κ1) is 23.8. The van der Waals surface area contributed by atoms with E-state index in [2.05, 4.69) is 10.2 Å². The Morgan fingerprint density at radius 1 is 1.04 bits per heavy atom. The summed E-state index contributed by atoms with van der Waals surface area (Å²) < 4.78 is 39.0. The van der Waals surface area contributed by atoms with Gasteiger partial charge in [0.15, 0.2) is 0 Å². The largest absolute Gasteiger partial charge is 0.417 e. The number of benzene rings is 1. The van der Waals surface area contributed by atoms with Crippen molar-refractivity contribution in [3.8, 4) is 0 Å². The monoisotopic (exact) mass is 432 g/mol. The van der Waals surface area contributed by atoms with Crippen molar-refractivity contribution in [2.75, 3.05) is 26.2 Å². The summed E-state index contributed by atoms with van der Waals surface area (Å²) in [5.74, 6) is 0.504. The van der Waals surface area contributed by atoms with Gasteiger partial charge in [0.25, 0.3) is 0 Å².